The molecular weight excluding hydrogens is 364 g/mol. The van der Waals surface area contributed by atoms with Crippen LogP contribution in [-0.4, -0.2) is 30.0 Å². The lowest BCUT2D eigenvalue weighted by atomic mass is 10.2. The van der Waals surface area contributed by atoms with Gasteiger partial charge in [0.05, 0.1) is 26.7 Å². The van der Waals surface area contributed by atoms with Crippen molar-refractivity contribution in [2.75, 3.05) is 19.0 Å². The number of thioether (sulfide) groups is 1. The van der Waals surface area contributed by atoms with Crippen LogP contribution in [-0.2, 0) is 0 Å². The molecule has 26 heavy (non-hydrogen) atoms. The molecule has 1 aliphatic heterocycles. The highest BCUT2D eigenvalue weighted by molar-refractivity contribution is 8.03. The van der Waals surface area contributed by atoms with Gasteiger partial charge in [0.25, 0.3) is 5.91 Å². The number of benzene rings is 1. The molecule has 1 aliphatic rings. The first-order valence-electron chi connectivity index (χ1n) is 8.26. The van der Waals surface area contributed by atoms with Crippen LogP contribution >= 0.6 is 23.1 Å². The molecule has 1 aromatic carbocycles. The highest BCUT2D eigenvalue weighted by Gasteiger charge is 2.24. The largest absolute Gasteiger partial charge is 0.378 e. The van der Waals surface area contributed by atoms with Crippen LogP contribution < -0.4 is 10.2 Å². The van der Waals surface area contributed by atoms with Gasteiger partial charge in [-0.3, -0.25) is 9.78 Å². The smallest absolute Gasteiger partial charge is 0.256 e. The van der Waals surface area contributed by atoms with E-state index in [-0.39, 0.29) is 11.2 Å². The topological polar surface area (TPSA) is 58.1 Å². The minimum Gasteiger partial charge on any atom is -0.378 e. The predicted molar refractivity (Wildman–Crippen MR) is 109 cm³/mol. The summed E-state index contributed by atoms with van der Waals surface area (Å²) in [6.07, 6.45) is 6.53. The van der Waals surface area contributed by atoms with E-state index in [2.05, 4.69) is 21.4 Å². The molecule has 0 radical (unpaired) electrons. The zero-order valence-electron chi connectivity index (χ0n) is 14.5. The van der Waals surface area contributed by atoms with Crippen molar-refractivity contribution >= 4 is 44.9 Å². The van der Waals surface area contributed by atoms with E-state index < -0.39 is 0 Å². The van der Waals surface area contributed by atoms with Crippen molar-refractivity contribution < 1.29 is 4.79 Å². The Labute approximate surface area is 160 Å². The molecule has 0 bridgehead atoms. The lowest BCUT2D eigenvalue weighted by Crippen LogP contribution is -2.21. The van der Waals surface area contributed by atoms with E-state index in [1.54, 1.807) is 35.5 Å². The molecule has 1 amide bonds. The summed E-state index contributed by atoms with van der Waals surface area (Å²) in [4.78, 5) is 23.3. The highest BCUT2D eigenvalue weighted by Crippen LogP contribution is 2.44. The van der Waals surface area contributed by atoms with E-state index in [0.29, 0.717) is 5.56 Å². The van der Waals surface area contributed by atoms with Gasteiger partial charge in [0.15, 0.2) is 0 Å². The number of carbonyl (C=O) groups excluding carboxylic acids is 1. The van der Waals surface area contributed by atoms with Crippen LogP contribution in [0.15, 0.2) is 53.8 Å². The molecule has 1 N–H and O–H groups in total. The van der Waals surface area contributed by atoms with Gasteiger partial charge in [-0.05, 0) is 30.7 Å². The number of fused-ring (bicyclic) bond motifs is 1. The molecule has 4 rings (SSSR count). The zero-order chi connectivity index (χ0) is 18.1. The van der Waals surface area contributed by atoms with Crippen LogP contribution in [0.3, 0.4) is 0 Å². The van der Waals surface area contributed by atoms with Crippen molar-refractivity contribution in [3.05, 3.63) is 64.4 Å². The van der Waals surface area contributed by atoms with Gasteiger partial charge in [-0.15, -0.1) is 11.3 Å². The monoisotopic (exact) mass is 382 g/mol. The fourth-order valence-corrected chi connectivity index (χ4v) is 4.95. The summed E-state index contributed by atoms with van der Waals surface area (Å²) < 4.78 is 1.15. The summed E-state index contributed by atoms with van der Waals surface area (Å²) in [6.45, 7) is 0. The molecule has 3 aromatic rings. The minimum atomic E-state index is -0.0819. The van der Waals surface area contributed by atoms with E-state index in [9.17, 15) is 4.79 Å². The van der Waals surface area contributed by atoms with Crippen molar-refractivity contribution in [1.82, 2.24) is 15.3 Å². The normalized spacial score (nSPS) is 16.5. The molecule has 0 saturated heterocycles. The van der Waals surface area contributed by atoms with Crippen molar-refractivity contribution in [1.29, 1.82) is 0 Å². The summed E-state index contributed by atoms with van der Waals surface area (Å²) >= 11 is 3.35. The number of amides is 1. The maximum atomic E-state index is 12.6. The third kappa shape index (κ3) is 3.45. The van der Waals surface area contributed by atoms with Gasteiger partial charge >= 0.3 is 0 Å². The Morgan fingerprint density at radius 1 is 1.31 bits per heavy atom. The molecule has 3 heterocycles. The SMILES string of the molecule is CN(C)c1cccc(C(=O)NC2=CCC(c3nc4cnccc4s3)S2)c1. The molecule has 2 aromatic heterocycles. The summed E-state index contributed by atoms with van der Waals surface area (Å²) in [6, 6.07) is 9.61. The van der Waals surface area contributed by atoms with Gasteiger partial charge in [-0.25, -0.2) is 4.98 Å². The molecule has 132 valence electrons. The Hall–Kier alpha value is -2.38. The number of nitrogens with one attached hydrogen (secondary N) is 1. The Bertz CT molecular complexity index is 963. The van der Waals surface area contributed by atoms with E-state index in [1.807, 2.05) is 49.3 Å². The summed E-state index contributed by atoms with van der Waals surface area (Å²) in [5, 5.41) is 5.24. The van der Waals surface area contributed by atoms with Gasteiger partial charge < -0.3 is 10.2 Å². The maximum absolute atomic E-state index is 12.6. The minimum absolute atomic E-state index is 0.0819. The lowest BCUT2D eigenvalue weighted by molar-refractivity contribution is 0.0969. The molecule has 7 heteroatoms. The fourth-order valence-electron chi connectivity index (χ4n) is 2.74. The third-order valence-electron chi connectivity index (χ3n) is 4.13. The highest BCUT2D eigenvalue weighted by atomic mass is 32.2. The van der Waals surface area contributed by atoms with E-state index in [1.165, 1.54) is 0 Å². The van der Waals surface area contributed by atoms with E-state index in [4.69, 9.17) is 0 Å². The molecule has 1 unspecified atom stereocenters. The molecule has 0 saturated carbocycles. The molecule has 5 nitrogen and oxygen atoms in total. The Kier molecular flexibility index (Phi) is 4.65. The maximum Gasteiger partial charge on any atom is 0.256 e. The number of rotatable bonds is 4. The Morgan fingerprint density at radius 3 is 3.00 bits per heavy atom. The van der Waals surface area contributed by atoms with Crippen LogP contribution in [0.1, 0.15) is 27.0 Å². The average molecular weight is 383 g/mol. The first kappa shape index (κ1) is 17.1. The Balaban J connectivity index is 1.44. The van der Waals surface area contributed by atoms with Gasteiger partial charge in [-0.2, -0.15) is 0 Å². The second kappa shape index (κ2) is 7.09. The van der Waals surface area contributed by atoms with Gasteiger partial charge in [-0.1, -0.05) is 23.9 Å². The zero-order valence-corrected chi connectivity index (χ0v) is 16.1. The molecule has 1 atom stereocenters. The molecular formula is C19H18N4OS2. The summed E-state index contributed by atoms with van der Waals surface area (Å²) in [7, 11) is 3.93. The number of pyridine rings is 1. The molecule has 0 fully saturated rings. The number of anilines is 1. The van der Waals surface area contributed by atoms with E-state index >= 15 is 0 Å². The number of aromatic nitrogens is 2. The van der Waals surface area contributed by atoms with Crippen LogP contribution in [0, 0.1) is 0 Å². The lowest BCUT2D eigenvalue weighted by Gasteiger charge is -2.14. The van der Waals surface area contributed by atoms with Crippen molar-refractivity contribution in [3.63, 3.8) is 0 Å². The van der Waals surface area contributed by atoms with Crippen LogP contribution in [0.4, 0.5) is 5.69 Å². The standard InChI is InChI=1S/C19H18N4OS2/c1-23(2)13-5-3-4-12(10-13)18(24)22-17-7-6-16(25-17)19-21-14-11-20-9-8-15(14)26-19/h3-5,7-11,16H,6H2,1-2H3,(H,22,24). The predicted octanol–water partition coefficient (Wildman–Crippen LogP) is 4.21. The average Bonchev–Trinajstić information content (AvgIpc) is 3.28. The number of allylic oxidation sites excluding steroid dienone is 1. The second-order valence-electron chi connectivity index (χ2n) is 6.20. The van der Waals surface area contributed by atoms with E-state index in [0.717, 1.165) is 32.4 Å². The van der Waals surface area contributed by atoms with Crippen molar-refractivity contribution in [2.45, 2.75) is 11.7 Å². The van der Waals surface area contributed by atoms with Gasteiger partial charge in [0.1, 0.15) is 5.01 Å². The number of carbonyl (C=O) groups is 1. The number of nitrogens with zero attached hydrogens (tertiary/aromatic N) is 3. The third-order valence-corrected chi connectivity index (χ3v) is 6.65. The van der Waals surface area contributed by atoms with Crippen molar-refractivity contribution in [2.24, 2.45) is 0 Å². The number of hydrogen-bond donors (Lipinski definition) is 1. The van der Waals surface area contributed by atoms with Crippen LogP contribution in [0.25, 0.3) is 10.2 Å². The second-order valence-corrected chi connectivity index (χ2v) is 8.51. The molecule has 0 aliphatic carbocycles. The Morgan fingerprint density at radius 2 is 2.19 bits per heavy atom. The van der Waals surface area contributed by atoms with Crippen LogP contribution in [0.5, 0.6) is 0 Å². The van der Waals surface area contributed by atoms with Gasteiger partial charge in [0, 0.05) is 31.5 Å². The first-order chi connectivity index (χ1) is 12.6. The number of thiazole rings is 1. The van der Waals surface area contributed by atoms with Crippen LogP contribution in [0.2, 0.25) is 0 Å². The fraction of sp³-hybridized carbons (Fsp3) is 0.211. The molecule has 0 spiro atoms. The number of hydrogen-bond acceptors (Lipinski definition) is 6. The van der Waals surface area contributed by atoms with Crippen molar-refractivity contribution in [3.8, 4) is 0 Å². The quantitative estimate of drug-likeness (QED) is 0.733. The summed E-state index contributed by atoms with van der Waals surface area (Å²) in [5.74, 6) is -0.0819. The van der Waals surface area contributed by atoms with Gasteiger partial charge in [0.2, 0.25) is 0 Å². The summed E-state index contributed by atoms with van der Waals surface area (Å²) in [5.41, 5.74) is 2.60. The first-order valence-corrected chi connectivity index (χ1v) is 9.96.